The quantitative estimate of drug-likeness (QED) is 0.803. The molecule has 0 bridgehead atoms. The van der Waals surface area contributed by atoms with E-state index in [2.05, 4.69) is 47.8 Å². The van der Waals surface area contributed by atoms with Gasteiger partial charge in [-0.3, -0.25) is 0 Å². The summed E-state index contributed by atoms with van der Waals surface area (Å²) >= 11 is 5.94. The topological polar surface area (TPSA) is 32.3 Å². The summed E-state index contributed by atoms with van der Waals surface area (Å²) in [4.78, 5) is 14.3. The van der Waals surface area contributed by atoms with Gasteiger partial charge in [-0.15, -0.1) is 0 Å². The monoisotopic (exact) mass is 368 g/mol. The molecule has 2 amide bonds. The molecular formula is C22H25ClN2O. The highest BCUT2D eigenvalue weighted by Crippen LogP contribution is 2.37. The molecule has 3 nitrogen and oxygen atoms in total. The van der Waals surface area contributed by atoms with Crippen LogP contribution >= 0.6 is 11.6 Å². The van der Waals surface area contributed by atoms with Crippen LogP contribution in [-0.4, -0.2) is 30.1 Å². The van der Waals surface area contributed by atoms with E-state index < -0.39 is 0 Å². The molecular weight excluding hydrogens is 344 g/mol. The van der Waals surface area contributed by atoms with Gasteiger partial charge in [0.1, 0.15) is 0 Å². The number of rotatable bonds is 5. The number of amides is 2. The number of carbonyl (C=O) groups is 1. The van der Waals surface area contributed by atoms with E-state index in [0.717, 1.165) is 43.8 Å². The van der Waals surface area contributed by atoms with Crippen LogP contribution in [0.1, 0.15) is 36.3 Å². The van der Waals surface area contributed by atoms with Crippen LogP contribution in [0.4, 0.5) is 4.79 Å². The van der Waals surface area contributed by atoms with Gasteiger partial charge >= 0.3 is 6.03 Å². The highest BCUT2D eigenvalue weighted by molar-refractivity contribution is 6.30. The minimum absolute atomic E-state index is 0.112. The highest BCUT2D eigenvalue weighted by atomic mass is 35.5. The van der Waals surface area contributed by atoms with Gasteiger partial charge in [0.25, 0.3) is 0 Å². The second-order valence-corrected chi connectivity index (χ2v) is 8.10. The van der Waals surface area contributed by atoms with E-state index in [4.69, 9.17) is 11.6 Å². The number of nitrogens with zero attached hydrogens (tertiary/aromatic N) is 1. The van der Waals surface area contributed by atoms with Crippen LogP contribution in [0.3, 0.4) is 0 Å². The molecule has 2 aromatic carbocycles. The largest absolute Gasteiger partial charge is 0.335 e. The zero-order chi connectivity index (χ0) is 17.9. The molecule has 0 atom stereocenters. The fraction of sp³-hybridized carbons (Fsp3) is 0.409. The Morgan fingerprint density at radius 3 is 2.42 bits per heavy atom. The van der Waals surface area contributed by atoms with E-state index in [9.17, 15) is 4.79 Å². The molecule has 1 saturated carbocycles. The first-order valence-electron chi connectivity index (χ1n) is 9.52. The first-order chi connectivity index (χ1) is 12.7. The van der Waals surface area contributed by atoms with Gasteiger partial charge in [0.2, 0.25) is 0 Å². The first kappa shape index (κ1) is 17.4. The molecule has 0 radical (unpaired) electrons. The number of nitrogens with one attached hydrogen (secondary N) is 1. The smallest absolute Gasteiger partial charge is 0.317 e. The Morgan fingerprint density at radius 1 is 1.04 bits per heavy atom. The first-order valence-corrected chi connectivity index (χ1v) is 9.90. The highest BCUT2D eigenvalue weighted by Gasteiger charge is 2.35. The van der Waals surface area contributed by atoms with E-state index in [1.807, 2.05) is 17.0 Å². The lowest BCUT2D eigenvalue weighted by atomic mass is 9.76. The normalized spacial score (nSPS) is 22.4. The molecule has 4 rings (SSSR count). The van der Waals surface area contributed by atoms with Crippen molar-refractivity contribution in [3.63, 3.8) is 0 Å². The third-order valence-electron chi connectivity index (χ3n) is 5.74. The van der Waals surface area contributed by atoms with Crippen molar-refractivity contribution in [2.24, 2.45) is 5.92 Å². The predicted molar refractivity (Wildman–Crippen MR) is 106 cm³/mol. The molecule has 4 heteroatoms. The number of carbonyl (C=O) groups excluding carboxylic acids is 1. The Bertz CT molecular complexity index is 734. The third kappa shape index (κ3) is 4.04. The van der Waals surface area contributed by atoms with E-state index in [1.54, 1.807) is 0 Å². The van der Waals surface area contributed by atoms with E-state index in [-0.39, 0.29) is 6.03 Å². The van der Waals surface area contributed by atoms with Gasteiger partial charge < -0.3 is 10.2 Å². The van der Waals surface area contributed by atoms with Gasteiger partial charge in [-0.25, -0.2) is 4.79 Å². The van der Waals surface area contributed by atoms with E-state index in [0.29, 0.717) is 17.9 Å². The number of halogens is 1. The maximum atomic E-state index is 12.3. The summed E-state index contributed by atoms with van der Waals surface area (Å²) < 4.78 is 0. The standard InChI is InChI=1S/C22H25ClN2O/c23-20-10-8-18(9-11-20)19-12-21(13-19)24-22(26)25-14-17(15-25)7-6-16-4-2-1-3-5-16/h1-5,8-11,17,19,21H,6-7,12-15H2,(H,24,26). The lowest BCUT2D eigenvalue weighted by molar-refractivity contribution is 0.109. The SMILES string of the molecule is O=C(NC1CC(c2ccc(Cl)cc2)C1)N1CC(CCc2ccccc2)C1. The average molecular weight is 369 g/mol. The van der Waals surface area contributed by atoms with E-state index in [1.165, 1.54) is 11.1 Å². The van der Waals surface area contributed by atoms with Crippen LogP contribution in [0.15, 0.2) is 54.6 Å². The lowest BCUT2D eigenvalue weighted by Gasteiger charge is -2.42. The number of benzene rings is 2. The molecule has 1 aliphatic carbocycles. The summed E-state index contributed by atoms with van der Waals surface area (Å²) in [6, 6.07) is 19.1. The number of hydrogen-bond acceptors (Lipinski definition) is 1. The van der Waals surface area contributed by atoms with Gasteiger partial charge in [0, 0.05) is 24.2 Å². The Kier molecular flexibility index (Phi) is 5.16. The Morgan fingerprint density at radius 2 is 1.73 bits per heavy atom. The fourth-order valence-corrected chi connectivity index (χ4v) is 4.07. The van der Waals surface area contributed by atoms with Crippen LogP contribution < -0.4 is 5.32 Å². The summed E-state index contributed by atoms with van der Waals surface area (Å²) in [6.45, 7) is 1.79. The molecule has 1 aliphatic heterocycles. The van der Waals surface area contributed by atoms with Crippen molar-refractivity contribution in [2.45, 2.75) is 37.6 Å². The third-order valence-corrected chi connectivity index (χ3v) is 5.99. The van der Waals surface area contributed by atoms with Crippen molar-refractivity contribution >= 4 is 17.6 Å². The molecule has 0 spiro atoms. The Labute approximate surface area is 160 Å². The molecule has 2 fully saturated rings. The van der Waals surface area contributed by atoms with Gasteiger partial charge in [-0.1, -0.05) is 54.1 Å². The maximum Gasteiger partial charge on any atom is 0.317 e. The van der Waals surface area contributed by atoms with Crippen molar-refractivity contribution < 1.29 is 4.79 Å². The van der Waals surface area contributed by atoms with Crippen molar-refractivity contribution in [3.05, 3.63) is 70.7 Å². The van der Waals surface area contributed by atoms with Crippen molar-refractivity contribution in [1.82, 2.24) is 10.2 Å². The molecule has 1 heterocycles. The van der Waals surface area contributed by atoms with Crippen LogP contribution in [0.5, 0.6) is 0 Å². The maximum absolute atomic E-state index is 12.3. The Hall–Kier alpha value is -2.00. The number of hydrogen-bond donors (Lipinski definition) is 1. The Balaban J connectivity index is 1.14. The van der Waals surface area contributed by atoms with Crippen LogP contribution in [0.2, 0.25) is 5.02 Å². The van der Waals surface area contributed by atoms with Gasteiger partial charge in [-0.05, 0) is 60.8 Å². The fourth-order valence-electron chi connectivity index (χ4n) is 3.94. The molecule has 136 valence electrons. The molecule has 0 unspecified atom stereocenters. The predicted octanol–water partition coefficient (Wildman–Crippen LogP) is 4.86. The summed E-state index contributed by atoms with van der Waals surface area (Å²) in [7, 11) is 0. The minimum Gasteiger partial charge on any atom is -0.335 e. The number of urea groups is 1. The second kappa shape index (κ2) is 7.71. The average Bonchev–Trinajstić information content (AvgIpc) is 2.58. The zero-order valence-electron chi connectivity index (χ0n) is 14.9. The zero-order valence-corrected chi connectivity index (χ0v) is 15.7. The molecule has 2 aromatic rings. The van der Waals surface area contributed by atoms with Crippen LogP contribution in [0, 0.1) is 5.92 Å². The molecule has 2 aliphatic rings. The number of likely N-dealkylation sites (tertiary alicyclic amines) is 1. The van der Waals surface area contributed by atoms with Gasteiger partial charge in [-0.2, -0.15) is 0 Å². The minimum atomic E-state index is 0.112. The summed E-state index contributed by atoms with van der Waals surface area (Å²) in [5.41, 5.74) is 2.71. The van der Waals surface area contributed by atoms with Gasteiger partial charge in [0.15, 0.2) is 0 Å². The molecule has 1 saturated heterocycles. The second-order valence-electron chi connectivity index (χ2n) is 7.66. The van der Waals surface area contributed by atoms with Crippen LogP contribution in [0.25, 0.3) is 0 Å². The lowest BCUT2D eigenvalue weighted by Crippen LogP contribution is -2.57. The summed E-state index contributed by atoms with van der Waals surface area (Å²) in [5, 5.41) is 3.96. The van der Waals surface area contributed by atoms with Crippen molar-refractivity contribution in [3.8, 4) is 0 Å². The van der Waals surface area contributed by atoms with Crippen molar-refractivity contribution in [2.75, 3.05) is 13.1 Å². The summed E-state index contributed by atoms with van der Waals surface area (Å²) in [5.74, 6) is 1.19. The summed E-state index contributed by atoms with van der Waals surface area (Å²) in [6.07, 6.45) is 4.32. The van der Waals surface area contributed by atoms with E-state index >= 15 is 0 Å². The van der Waals surface area contributed by atoms with Crippen molar-refractivity contribution in [1.29, 1.82) is 0 Å². The molecule has 26 heavy (non-hydrogen) atoms. The number of aryl methyl sites for hydroxylation is 1. The van der Waals surface area contributed by atoms with Gasteiger partial charge in [0.05, 0.1) is 0 Å². The molecule has 0 aromatic heterocycles. The molecule has 1 N–H and O–H groups in total. The van der Waals surface area contributed by atoms with Crippen LogP contribution in [-0.2, 0) is 6.42 Å².